The zero-order valence-corrected chi connectivity index (χ0v) is 12.1. The first-order chi connectivity index (χ1) is 10.8. The van der Waals surface area contributed by atoms with E-state index in [0.29, 0.717) is 13.0 Å². The summed E-state index contributed by atoms with van der Waals surface area (Å²) >= 11 is 0. The molecule has 1 N–H and O–H groups in total. The van der Waals surface area contributed by atoms with Crippen LogP contribution in [0.5, 0.6) is 0 Å². The van der Waals surface area contributed by atoms with Crippen LogP contribution in [0.25, 0.3) is 10.9 Å². The van der Waals surface area contributed by atoms with Crippen molar-refractivity contribution in [2.24, 2.45) is 0 Å². The number of para-hydroxylation sites is 1. The molecule has 0 bridgehead atoms. The minimum absolute atomic E-state index is 0.173. The van der Waals surface area contributed by atoms with Crippen LogP contribution in [0.4, 0.5) is 0 Å². The fourth-order valence-electron chi connectivity index (χ4n) is 3.15. The molecule has 1 aliphatic heterocycles. The highest BCUT2D eigenvalue weighted by Crippen LogP contribution is 2.23. The van der Waals surface area contributed by atoms with Gasteiger partial charge in [0.05, 0.1) is 18.7 Å². The molecule has 6 nitrogen and oxygen atoms in total. The van der Waals surface area contributed by atoms with E-state index >= 15 is 0 Å². The molecule has 3 heterocycles. The van der Waals surface area contributed by atoms with Crippen LogP contribution in [0.3, 0.4) is 0 Å². The quantitative estimate of drug-likeness (QED) is 0.801. The van der Waals surface area contributed by atoms with Crippen LogP contribution in [-0.4, -0.2) is 43.9 Å². The van der Waals surface area contributed by atoms with Gasteiger partial charge in [0, 0.05) is 36.4 Å². The molecular formula is C16H17N5O. The lowest BCUT2D eigenvalue weighted by atomic mass is 10.1. The van der Waals surface area contributed by atoms with Crippen molar-refractivity contribution in [3.05, 3.63) is 48.4 Å². The van der Waals surface area contributed by atoms with Gasteiger partial charge in [-0.15, -0.1) is 5.10 Å². The van der Waals surface area contributed by atoms with E-state index in [1.807, 2.05) is 40.2 Å². The number of aromatic nitrogens is 4. The second-order valence-electron chi connectivity index (χ2n) is 5.70. The molecule has 1 atom stereocenters. The fourth-order valence-corrected chi connectivity index (χ4v) is 3.15. The summed E-state index contributed by atoms with van der Waals surface area (Å²) in [7, 11) is 0. The smallest absolute Gasteiger partial charge is 0.227 e. The molecular weight excluding hydrogens is 278 g/mol. The first-order valence-corrected chi connectivity index (χ1v) is 7.50. The third-order valence-electron chi connectivity index (χ3n) is 4.35. The van der Waals surface area contributed by atoms with Gasteiger partial charge in [-0.1, -0.05) is 23.4 Å². The van der Waals surface area contributed by atoms with E-state index in [-0.39, 0.29) is 11.9 Å². The summed E-state index contributed by atoms with van der Waals surface area (Å²) < 4.78 is 1.85. The maximum absolute atomic E-state index is 12.5. The minimum atomic E-state index is 0.173. The van der Waals surface area contributed by atoms with Crippen LogP contribution in [-0.2, 0) is 11.2 Å². The summed E-state index contributed by atoms with van der Waals surface area (Å²) in [6.07, 6.45) is 6.85. The summed E-state index contributed by atoms with van der Waals surface area (Å²) in [4.78, 5) is 17.7. The van der Waals surface area contributed by atoms with E-state index in [4.69, 9.17) is 0 Å². The molecule has 1 unspecified atom stereocenters. The topological polar surface area (TPSA) is 66.8 Å². The van der Waals surface area contributed by atoms with Gasteiger partial charge in [-0.3, -0.25) is 4.79 Å². The number of rotatable bonds is 3. The number of amides is 1. The number of carbonyl (C=O) groups excluding carboxylic acids is 1. The highest BCUT2D eigenvalue weighted by atomic mass is 16.2. The first-order valence-electron chi connectivity index (χ1n) is 7.50. The predicted molar refractivity (Wildman–Crippen MR) is 82.3 cm³/mol. The van der Waals surface area contributed by atoms with Gasteiger partial charge in [0.15, 0.2) is 0 Å². The predicted octanol–water partition coefficient (Wildman–Crippen LogP) is 1.78. The Morgan fingerprint density at radius 1 is 1.36 bits per heavy atom. The number of nitrogens with zero attached hydrogens (tertiary/aromatic N) is 4. The number of hydrogen-bond acceptors (Lipinski definition) is 3. The van der Waals surface area contributed by atoms with Crippen LogP contribution >= 0.6 is 0 Å². The molecule has 2 aromatic heterocycles. The molecule has 6 heteroatoms. The van der Waals surface area contributed by atoms with Crippen molar-refractivity contribution < 1.29 is 4.79 Å². The lowest BCUT2D eigenvalue weighted by Crippen LogP contribution is -2.30. The molecule has 1 amide bonds. The van der Waals surface area contributed by atoms with Crippen LogP contribution in [0, 0.1) is 0 Å². The van der Waals surface area contributed by atoms with Crippen molar-refractivity contribution in [1.29, 1.82) is 0 Å². The standard InChI is InChI=1S/C16H17N5O/c22-16(9-12-10-17-15-4-2-1-3-14(12)15)20-7-5-13(11-20)21-8-6-18-19-21/h1-4,6,8,10,13,17H,5,7,9,11H2. The molecule has 3 aromatic rings. The van der Waals surface area contributed by atoms with Gasteiger partial charge in [-0.25, -0.2) is 4.68 Å². The van der Waals surface area contributed by atoms with Crippen molar-refractivity contribution in [3.8, 4) is 0 Å². The molecule has 1 aliphatic rings. The zero-order chi connectivity index (χ0) is 14.9. The number of benzene rings is 1. The third-order valence-corrected chi connectivity index (χ3v) is 4.35. The van der Waals surface area contributed by atoms with Crippen LogP contribution in [0.1, 0.15) is 18.0 Å². The number of carbonyl (C=O) groups is 1. The average Bonchev–Trinajstić information content (AvgIpc) is 3.28. The Hall–Kier alpha value is -2.63. The molecule has 1 fully saturated rings. The highest BCUT2D eigenvalue weighted by molar-refractivity contribution is 5.88. The van der Waals surface area contributed by atoms with Crippen LogP contribution < -0.4 is 0 Å². The Balaban J connectivity index is 1.47. The van der Waals surface area contributed by atoms with E-state index < -0.39 is 0 Å². The first kappa shape index (κ1) is 13.1. The summed E-state index contributed by atoms with van der Waals surface area (Å²) in [6.45, 7) is 1.50. The summed E-state index contributed by atoms with van der Waals surface area (Å²) in [5.41, 5.74) is 2.14. The normalized spacial score (nSPS) is 18.2. The highest BCUT2D eigenvalue weighted by Gasteiger charge is 2.28. The van der Waals surface area contributed by atoms with E-state index in [1.165, 1.54) is 0 Å². The van der Waals surface area contributed by atoms with E-state index in [0.717, 1.165) is 29.4 Å². The number of nitrogens with one attached hydrogen (secondary N) is 1. The number of aromatic amines is 1. The number of fused-ring (bicyclic) bond motifs is 1. The minimum Gasteiger partial charge on any atom is -0.361 e. The van der Waals surface area contributed by atoms with Gasteiger partial charge >= 0.3 is 0 Å². The second kappa shape index (κ2) is 5.29. The van der Waals surface area contributed by atoms with Crippen molar-refractivity contribution in [2.75, 3.05) is 13.1 Å². The Morgan fingerprint density at radius 3 is 3.14 bits per heavy atom. The van der Waals surface area contributed by atoms with Crippen molar-refractivity contribution in [1.82, 2.24) is 24.9 Å². The summed E-state index contributed by atoms with van der Waals surface area (Å²) in [6, 6.07) is 8.32. The monoisotopic (exact) mass is 295 g/mol. The molecule has 112 valence electrons. The SMILES string of the molecule is O=C(Cc1c[nH]c2ccccc12)N1CCC(n2ccnn2)C1. The Bertz CT molecular complexity index is 792. The van der Waals surface area contributed by atoms with Crippen molar-refractivity contribution >= 4 is 16.8 Å². The molecule has 0 radical (unpaired) electrons. The van der Waals surface area contributed by atoms with E-state index in [1.54, 1.807) is 6.20 Å². The van der Waals surface area contributed by atoms with Crippen molar-refractivity contribution in [3.63, 3.8) is 0 Å². The Labute approximate surface area is 127 Å². The second-order valence-corrected chi connectivity index (χ2v) is 5.70. The molecule has 22 heavy (non-hydrogen) atoms. The van der Waals surface area contributed by atoms with Gasteiger partial charge < -0.3 is 9.88 Å². The summed E-state index contributed by atoms with van der Waals surface area (Å²) in [5, 5.41) is 9.00. The molecule has 1 aromatic carbocycles. The summed E-state index contributed by atoms with van der Waals surface area (Å²) in [5.74, 6) is 0.173. The molecule has 1 saturated heterocycles. The van der Waals surface area contributed by atoms with Crippen LogP contribution in [0.15, 0.2) is 42.9 Å². The van der Waals surface area contributed by atoms with E-state index in [2.05, 4.69) is 21.4 Å². The van der Waals surface area contributed by atoms with Gasteiger partial charge in [0.1, 0.15) is 0 Å². The fraction of sp³-hybridized carbons (Fsp3) is 0.312. The Morgan fingerprint density at radius 2 is 2.27 bits per heavy atom. The van der Waals surface area contributed by atoms with Gasteiger partial charge in [-0.2, -0.15) is 0 Å². The number of hydrogen-bond donors (Lipinski definition) is 1. The van der Waals surface area contributed by atoms with Crippen molar-refractivity contribution in [2.45, 2.75) is 18.9 Å². The maximum Gasteiger partial charge on any atom is 0.227 e. The lowest BCUT2D eigenvalue weighted by Gasteiger charge is -2.16. The molecule has 0 aliphatic carbocycles. The van der Waals surface area contributed by atoms with Gasteiger partial charge in [0.25, 0.3) is 0 Å². The molecule has 0 spiro atoms. The largest absolute Gasteiger partial charge is 0.361 e. The van der Waals surface area contributed by atoms with Gasteiger partial charge in [-0.05, 0) is 18.1 Å². The average molecular weight is 295 g/mol. The molecule has 0 saturated carbocycles. The zero-order valence-electron chi connectivity index (χ0n) is 12.1. The number of H-pyrrole nitrogens is 1. The van der Waals surface area contributed by atoms with Crippen LogP contribution in [0.2, 0.25) is 0 Å². The van der Waals surface area contributed by atoms with Gasteiger partial charge in [0.2, 0.25) is 5.91 Å². The Kier molecular flexibility index (Phi) is 3.14. The lowest BCUT2D eigenvalue weighted by molar-refractivity contribution is -0.129. The molecule has 4 rings (SSSR count). The maximum atomic E-state index is 12.5. The number of likely N-dealkylation sites (tertiary alicyclic amines) is 1. The third kappa shape index (κ3) is 2.26. The van der Waals surface area contributed by atoms with E-state index in [9.17, 15) is 4.79 Å².